The van der Waals surface area contributed by atoms with Gasteiger partial charge in [-0.1, -0.05) is 24.6 Å². The zero-order valence-corrected chi connectivity index (χ0v) is 14.6. The maximum atomic E-state index is 14.1. The Balaban J connectivity index is 1.45. The highest BCUT2D eigenvalue weighted by Gasteiger charge is 2.42. The Morgan fingerprint density at radius 2 is 1.92 bits per heavy atom. The van der Waals surface area contributed by atoms with Crippen molar-refractivity contribution in [1.82, 2.24) is 4.90 Å². The van der Waals surface area contributed by atoms with Crippen molar-refractivity contribution >= 4 is 5.91 Å². The van der Waals surface area contributed by atoms with Gasteiger partial charge in [-0.2, -0.15) is 0 Å². The molecule has 4 rings (SSSR count). The number of morpholine rings is 1. The molecule has 3 unspecified atom stereocenters. The predicted molar refractivity (Wildman–Crippen MR) is 93.2 cm³/mol. The average molecular weight is 346 g/mol. The van der Waals surface area contributed by atoms with E-state index in [-0.39, 0.29) is 29.8 Å². The Morgan fingerprint density at radius 3 is 2.64 bits per heavy atom. The monoisotopic (exact) mass is 346 g/mol. The molecular weight excluding hydrogens is 319 g/mol. The number of rotatable bonds is 2. The second-order valence-electron chi connectivity index (χ2n) is 7.86. The molecule has 1 aliphatic heterocycles. The molecule has 4 nitrogen and oxygen atoms in total. The highest BCUT2D eigenvalue weighted by molar-refractivity contribution is 5.79. The van der Waals surface area contributed by atoms with Crippen LogP contribution < -0.4 is 5.73 Å². The molecule has 1 amide bonds. The summed E-state index contributed by atoms with van der Waals surface area (Å²) in [6.45, 7) is 1.50. The number of fused-ring (bicyclic) bond motifs is 2. The van der Waals surface area contributed by atoms with E-state index < -0.39 is 0 Å². The number of benzene rings is 1. The summed E-state index contributed by atoms with van der Waals surface area (Å²) in [4.78, 5) is 15.0. The summed E-state index contributed by atoms with van der Waals surface area (Å²) in [5.74, 6) is 1.01. The molecule has 1 saturated heterocycles. The number of carbonyl (C=O) groups excluding carboxylic acids is 1. The largest absolute Gasteiger partial charge is 0.370 e. The van der Waals surface area contributed by atoms with Crippen molar-refractivity contribution in [2.24, 2.45) is 23.5 Å². The summed E-state index contributed by atoms with van der Waals surface area (Å²) in [6, 6.07) is 6.95. The third kappa shape index (κ3) is 3.32. The van der Waals surface area contributed by atoms with Gasteiger partial charge in [0.15, 0.2) is 0 Å². The van der Waals surface area contributed by atoms with Crippen LogP contribution >= 0.6 is 0 Å². The van der Waals surface area contributed by atoms with Crippen molar-refractivity contribution in [2.75, 3.05) is 19.7 Å². The average Bonchev–Trinajstić information content (AvgIpc) is 2.61. The Hall–Kier alpha value is -1.46. The maximum absolute atomic E-state index is 14.1. The van der Waals surface area contributed by atoms with Crippen LogP contribution in [0.5, 0.6) is 0 Å². The van der Waals surface area contributed by atoms with Crippen molar-refractivity contribution in [1.29, 1.82) is 0 Å². The van der Waals surface area contributed by atoms with Gasteiger partial charge in [0.1, 0.15) is 11.9 Å². The summed E-state index contributed by atoms with van der Waals surface area (Å²) in [6.07, 6.45) is 5.02. The highest BCUT2D eigenvalue weighted by Crippen LogP contribution is 2.42. The van der Waals surface area contributed by atoms with E-state index >= 15 is 0 Å². The van der Waals surface area contributed by atoms with Gasteiger partial charge in [0, 0.05) is 24.1 Å². The molecule has 0 spiro atoms. The lowest BCUT2D eigenvalue weighted by Crippen LogP contribution is -2.51. The summed E-state index contributed by atoms with van der Waals surface area (Å²) < 4.78 is 19.8. The minimum absolute atomic E-state index is 0.0782. The van der Waals surface area contributed by atoms with E-state index in [1.807, 2.05) is 11.0 Å². The fourth-order valence-electron chi connectivity index (χ4n) is 5.02. The van der Waals surface area contributed by atoms with Crippen molar-refractivity contribution in [2.45, 2.75) is 44.2 Å². The number of nitrogens with two attached hydrogens (primary N) is 1. The number of ether oxygens (including phenoxy) is 1. The molecule has 0 aromatic heterocycles. The fourth-order valence-corrected chi connectivity index (χ4v) is 5.02. The van der Waals surface area contributed by atoms with E-state index in [2.05, 4.69) is 0 Å². The van der Waals surface area contributed by atoms with Crippen LogP contribution in [0.1, 0.15) is 43.8 Å². The van der Waals surface area contributed by atoms with E-state index in [0.29, 0.717) is 37.1 Å². The van der Waals surface area contributed by atoms with E-state index in [1.165, 1.54) is 12.5 Å². The van der Waals surface area contributed by atoms with Crippen molar-refractivity contribution < 1.29 is 13.9 Å². The van der Waals surface area contributed by atoms with Crippen LogP contribution in [-0.4, -0.2) is 36.5 Å². The van der Waals surface area contributed by atoms with Gasteiger partial charge in [-0.3, -0.25) is 4.79 Å². The second kappa shape index (κ2) is 7.04. The molecule has 3 fully saturated rings. The first-order valence-corrected chi connectivity index (χ1v) is 9.54. The Labute approximate surface area is 148 Å². The normalized spacial score (nSPS) is 35.4. The third-order valence-corrected chi connectivity index (χ3v) is 6.39. The van der Waals surface area contributed by atoms with Crippen LogP contribution in [0.25, 0.3) is 0 Å². The predicted octanol–water partition coefficient (Wildman–Crippen LogP) is 2.88. The number of carbonyl (C=O) groups is 1. The molecule has 1 aromatic carbocycles. The van der Waals surface area contributed by atoms with Gasteiger partial charge in [0.05, 0.1) is 13.2 Å². The third-order valence-electron chi connectivity index (χ3n) is 6.39. The molecule has 5 heteroatoms. The number of hydrogen-bond acceptors (Lipinski definition) is 3. The van der Waals surface area contributed by atoms with Gasteiger partial charge in [0.25, 0.3) is 0 Å². The van der Waals surface area contributed by atoms with Gasteiger partial charge in [-0.25, -0.2) is 4.39 Å². The van der Waals surface area contributed by atoms with E-state index in [4.69, 9.17) is 10.5 Å². The lowest BCUT2D eigenvalue weighted by atomic mass is 9.65. The molecule has 3 atom stereocenters. The van der Waals surface area contributed by atoms with Gasteiger partial charge >= 0.3 is 0 Å². The van der Waals surface area contributed by atoms with Gasteiger partial charge < -0.3 is 15.4 Å². The van der Waals surface area contributed by atoms with Crippen molar-refractivity contribution in [3.63, 3.8) is 0 Å². The summed E-state index contributed by atoms with van der Waals surface area (Å²) in [7, 11) is 0. The molecular formula is C20H27FN2O2. The number of nitrogens with zero attached hydrogens (tertiary/aromatic N) is 1. The van der Waals surface area contributed by atoms with E-state index in [9.17, 15) is 9.18 Å². The maximum Gasteiger partial charge on any atom is 0.225 e. The molecule has 2 aliphatic carbocycles. The quantitative estimate of drug-likeness (QED) is 0.896. The number of halogens is 1. The van der Waals surface area contributed by atoms with E-state index in [1.54, 1.807) is 12.1 Å². The molecule has 2 N–H and O–H groups in total. The van der Waals surface area contributed by atoms with Crippen molar-refractivity contribution in [3.8, 4) is 0 Å². The molecule has 3 aliphatic rings. The lowest BCUT2D eigenvalue weighted by molar-refractivity contribution is -0.146. The van der Waals surface area contributed by atoms with Gasteiger partial charge in [-0.05, 0) is 43.6 Å². The molecule has 1 aromatic rings. The summed E-state index contributed by atoms with van der Waals surface area (Å²) in [5, 5.41) is 0. The standard InChI is InChI=1S/C20H27FN2O2/c21-17-7-2-1-6-16(17)18-12-23(8-9-25-18)20(24)15-10-13-4-3-5-14(11-15)19(13)22/h1-2,6-7,13-15,18-19H,3-5,8-12,22H2. The molecule has 1 heterocycles. The molecule has 25 heavy (non-hydrogen) atoms. The van der Waals surface area contributed by atoms with Crippen LogP contribution in [0.2, 0.25) is 0 Å². The second-order valence-corrected chi connectivity index (χ2v) is 7.86. The zero-order chi connectivity index (χ0) is 17.4. The highest BCUT2D eigenvalue weighted by atomic mass is 19.1. The first-order chi connectivity index (χ1) is 12.1. The molecule has 2 saturated carbocycles. The first-order valence-electron chi connectivity index (χ1n) is 9.54. The Morgan fingerprint density at radius 1 is 1.20 bits per heavy atom. The van der Waals surface area contributed by atoms with E-state index in [0.717, 1.165) is 25.7 Å². The first kappa shape index (κ1) is 17.0. The van der Waals surface area contributed by atoms with Gasteiger partial charge in [0.2, 0.25) is 5.91 Å². The van der Waals surface area contributed by atoms with Crippen LogP contribution in [0, 0.1) is 23.6 Å². The van der Waals surface area contributed by atoms with Crippen LogP contribution in [0.3, 0.4) is 0 Å². The number of hydrogen-bond donors (Lipinski definition) is 1. The SMILES string of the molecule is NC1C2CCCC1CC(C(=O)N1CCOC(c3ccccc3F)C1)C2. The number of amides is 1. The molecule has 136 valence electrons. The van der Waals surface area contributed by atoms with Crippen LogP contribution in [-0.2, 0) is 9.53 Å². The smallest absolute Gasteiger partial charge is 0.225 e. The Kier molecular flexibility index (Phi) is 4.78. The Bertz CT molecular complexity index is 624. The molecule has 2 bridgehead atoms. The van der Waals surface area contributed by atoms with Gasteiger partial charge in [-0.15, -0.1) is 0 Å². The summed E-state index contributed by atoms with van der Waals surface area (Å²) in [5.41, 5.74) is 6.90. The minimum Gasteiger partial charge on any atom is -0.370 e. The minimum atomic E-state index is -0.371. The zero-order valence-electron chi connectivity index (χ0n) is 14.6. The summed E-state index contributed by atoms with van der Waals surface area (Å²) >= 11 is 0. The van der Waals surface area contributed by atoms with Crippen LogP contribution in [0.15, 0.2) is 24.3 Å². The van der Waals surface area contributed by atoms with Crippen molar-refractivity contribution in [3.05, 3.63) is 35.6 Å². The lowest BCUT2D eigenvalue weighted by Gasteiger charge is -2.45. The fraction of sp³-hybridized carbons (Fsp3) is 0.650. The van der Waals surface area contributed by atoms with Crippen LogP contribution in [0.4, 0.5) is 4.39 Å². The molecule has 0 radical (unpaired) electrons. The topological polar surface area (TPSA) is 55.6 Å².